The lowest BCUT2D eigenvalue weighted by molar-refractivity contribution is 0.381. The third kappa shape index (κ3) is 4.15. The van der Waals surface area contributed by atoms with Crippen LogP contribution in [0.4, 0.5) is 11.8 Å². The number of aryl methyl sites for hydroxylation is 3. The number of aromatic nitrogens is 4. The van der Waals surface area contributed by atoms with Crippen LogP contribution in [0.2, 0.25) is 0 Å². The number of piperidine rings is 1. The molecule has 9 nitrogen and oxygen atoms in total. The number of piperazine rings is 1. The normalized spacial score (nSPS) is 18.8. The number of rotatable bonds is 5. The van der Waals surface area contributed by atoms with Crippen molar-refractivity contribution in [2.24, 2.45) is 0 Å². The van der Waals surface area contributed by atoms with Gasteiger partial charge in [0, 0.05) is 63.8 Å². The van der Waals surface area contributed by atoms with Crippen LogP contribution in [-0.2, 0) is 16.6 Å². The molecule has 4 heterocycles. The second kappa shape index (κ2) is 8.50. The highest BCUT2D eigenvalue weighted by Gasteiger charge is 2.31. The zero-order chi connectivity index (χ0) is 21.3. The Kier molecular flexibility index (Phi) is 5.97. The molecule has 0 aromatic carbocycles. The van der Waals surface area contributed by atoms with Gasteiger partial charge in [0.2, 0.25) is 5.95 Å². The number of hydrogen-bond acceptors (Lipinski definition) is 7. The number of sulfonamides is 1. The lowest BCUT2D eigenvalue weighted by Crippen LogP contribution is -2.49. The van der Waals surface area contributed by atoms with E-state index in [0.29, 0.717) is 44.5 Å². The van der Waals surface area contributed by atoms with Gasteiger partial charge in [0.15, 0.2) is 5.03 Å². The molecule has 2 aliphatic heterocycles. The number of imidazole rings is 1. The Balaban J connectivity index is 1.47. The highest BCUT2D eigenvalue weighted by molar-refractivity contribution is 7.89. The summed E-state index contributed by atoms with van der Waals surface area (Å²) in [6.45, 7) is 10.5. The molecule has 0 atom stereocenters. The third-order valence-electron chi connectivity index (χ3n) is 5.93. The fourth-order valence-corrected chi connectivity index (χ4v) is 5.56. The van der Waals surface area contributed by atoms with Gasteiger partial charge in [-0.05, 0) is 40.0 Å². The lowest BCUT2D eigenvalue weighted by atomic mass is 10.1. The van der Waals surface area contributed by atoms with Crippen molar-refractivity contribution in [2.45, 2.75) is 51.6 Å². The zero-order valence-corrected chi connectivity index (χ0v) is 18.9. The highest BCUT2D eigenvalue weighted by Crippen LogP contribution is 2.23. The number of hydrogen-bond donors (Lipinski definition) is 0. The van der Waals surface area contributed by atoms with Gasteiger partial charge in [0.25, 0.3) is 10.0 Å². The van der Waals surface area contributed by atoms with Crippen molar-refractivity contribution in [1.82, 2.24) is 23.8 Å². The Bertz CT molecular complexity index is 991. The average Bonchev–Trinajstić information content (AvgIpc) is 3.15. The summed E-state index contributed by atoms with van der Waals surface area (Å²) < 4.78 is 29.4. The molecule has 0 aliphatic carbocycles. The molecule has 0 bridgehead atoms. The van der Waals surface area contributed by atoms with Crippen LogP contribution >= 0.6 is 0 Å². The molecule has 2 aromatic rings. The van der Waals surface area contributed by atoms with Crippen molar-refractivity contribution in [3.63, 3.8) is 0 Å². The van der Waals surface area contributed by atoms with Gasteiger partial charge in [-0.3, -0.25) is 0 Å². The molecule has 0 saturated carbocycles. The van der Waals surface area contributed by atoms with Crippen molar-refractivity contribution >= 4 is 21.8 Å². The summed E-state index contributed by atoms with van der Waals surface area (Å²) in [5.74, 6) is 2.39. The predicted octanol–water partition coefficient (Wildman–Crippen LogP) is 1.81. The van der Waals surface area contributed by atoms with E-state index in [9.17, 15) is 8.42 Å². The first-order valence-electron chi connectivity index (χ1n) is 10.8. The maximum atomic E-state index is 13.0. The first-order valence-corrected chi connectivity index (χ1v) is 12.2. The van der Waals surface area contributed by atoms with E-state index in [1.165, 1.54) is 23.6 Å². The van der Waals surface area contributed by atoms with Crippen LogP contribution < -0.4 is 9.80 Å². The summed E-state index contributed by atoms with van der Waals surface area (Å²) in [6.07, 6.45) is 5.30. The molecule has 164 valence electrons. The summed E-state index contributed by atoms with van der Waals surface area (Å²) in [5, 5.41) is 0.134. The van der Waals surface area contributed by atoms with Crippen LogP contribution in [0.3, 0.4) is 0 Å². The van der Waals surface area contributed by atoms with Gasteiger partial charge in [0.05, 0.1) is 0 Å². The molecule has 30 heavy (non-hydrogen) atoms. The van der Waals surface area contributed by atoms with Crippen LogP contribution in [0.25, 0.3) is 0 Å². The van der Waals surface area contributed by atoms with Crippen molar-refractivity contribution in [3.8, 4) is 0 Å². The van der Waals surface area contributed by atoms with Crippen LogP contribution in [0, 0.1) is 13.8 Å². The first-order chi connectivity index (χ1) is 14.4. The molecule has 0 N–H and O–H groups in total. The van der Waals surface area contributed by atoms with E-state index < -0.39 is 10.0 Å². The van der Waals surface area contributed by atoms with Gasteiger partial charge >= 0.3 is 0 Å². The second-order valence-corrected chi connectivity index (χ2v) is 9.90. The van der Waals surface area contributed by atoms with Gasteiger partial charge < -0.3 is 14.4 Å². The summed E-state index contributed by atoms with van der Waals surface area (Å²) >= 11 is 0. The lowest BCUT2D eigenvalue weighted by Gasteiger charge is -2.34. The quantitative estimate of drug-likeness (QED) is 0.711. The van der Waals surface area contributed by atoms with Crippen LogP contribution in [0.15, 0.2) is 17.3 Å². The molecule has 2 saturated heterocycles. The van der Waals surface area contributed by atoms with Crippen LogP contribution in [-0.4, -0.2) is 71.5 Å². The van der Waals surface area contributed by atoms with E-state index in [0.717, 1.165) is 24.6 Å². The third-order valence-corrected chi connectivity index (χ3v) is 7.70. The van der Waals surface area contributed by atoms with E-state index in [-0.39, 0.29) is 5.03 Å². The molecule has 4 rings (SSSR count). The average molecular weight is 434 g/mol. The maximum absolute atomic E-state index is 13.0. The van der Waals surface area contributed by atoms with Crippen molar-refractivity contribution in [1.29, 1.82) is 0 Å². The Morgan fingerprint density at radius 3 is 2.23 bits per heavy atom. The molecule has 0 unspecified atom stereocenters. The molecular formula is C20H31N7O2S. The Morgan fingerprint density at radius 1 is 0.900 bits per heavy atom. The Hall–Kier alpha value is -2.20. The van der Waals surface area contributed by atoms with E-state index in [4.69, 9.17) is 4.98 Å². The molecule has 0 radical (unpaired) electrons. The zero-order valence-electron chi connectivity index (χ0n) is 18.1. The van der Waals surface area contributed by atoms with Crippen molar-refractivity contribution in [2.75, 3.05) is 49.1 Å². The second-order valence-electron chi connectivity index (χ2n) is 8.02. The van der Waals surface area contributed by atoms with E-state index in [1.807, 2.05) is 31.4 Å². The summed E-state index contributed by atoms with van der Waals surface area (Å²) in [5.41, 5.74) is 0.941. The highest BCUT2D eigenvalue weighted by atomic mass is 32.2. The van der Waals surface area contributed by atoms with Crippen molar-refractivity contribution in [3.05, 3.63) is 23.8 Å². The van der Waals surface area contributed by atoms with E-state index in [2.05, 4.69) is 19.8 Å². The fourth-order valence-electron chi connectivity index (χ4n) is 4.15. The minimum Gasteiger partial charge on any atom is -0.356 e. The van der Waals surface area contributed by atoms with Gasteiger partial charge in [-0.2, -0.15) is 9.29 Å². The fraction of sp³-hybridized carbons (Fsp3) is 0.650. The Morgan fingerprint density at radius 2 is 1.60 bits per heavy atom. The monoisotopic (exact) mass is 433 g/mol. The molecule has 0 spiro atoms. The molecule has 2 aromatic heterocycles. The van der Waals surface area contributed by atoms with Gasteiger partial charge in [0.1, 0.15) is 11.6 Å². The topological polar surface area (TPSA) is 87.5 Å². The smallest absolute Gasteiger partial charge is 0.262 e. The van der Waals surface area contributed by atoms with Gasteiger partial charge in [-0.1, -0.05) is 0 Å². The minimum atomic E-state index is -3.59. The van der Waals surface area contributed by atoms with Crippen molar-refractivity contribution < 1.29 is 8.42 Å². The predicted molar refractivity (Wildman–Crippen MR) is 116 cm³/mol. The molecular weight excluding hydrogens is 402 g/mol. The maximum Gasteiger partial charge on any atom is 0.262 e. The summed E-state index contributed by atoms with van der Waals surface area (Å²) in [4.78, 5) is 18.1. The van der Waals surface area contributed by atoms with Gasteiger partial charge in [-0.25, -0.2) is 18.4 Å². The molecule has 10 heteroatoms. The van der Waals surface area contributed by atoms with E-state index in [1.54, 1.807) is 6.20 Å². The molecule has 2 aliphatic rings. The van der Waals surface area contributed by atoms with E-state index >= 15 is 0 Å². The first kappa shape index (κ1) is 21.0. The standard InChI is InChI=1S/C20H31N7O2S/c1-4-24-15-19(22-17(24)3)30(28,29)27-12-10-26(11-13-27)20-21-16(2)14-18(23-20)25-8-6-5-7-9-25/h14-15H,4-13H2,1-3H3. The SMILES string of the molecule is CCn1cc(S(=O)(=O)N2CCN(c3nc(C)cc(N4CCCCC4)n3)CC2)nc1C. The largest absolute Gasteiger partial charge is 0.356 e. The molecule has 2 fully saturated rings. The summed E-state index contributed by atoms with van der Waals surface area (Å²) in [6, 6.07) is 2.04. The van der Waals surface area contributed by atoms with Crippen LogP contribution in [0.1, 0.15) is 37.7 Å². The van der Waals surface area contributed by atoms with Gasteiger partial charge in [-0.15, -0.1) is 0 Å². The summed E-state index contributed by atoms with van der Waals surface area (Å²) in [7, 11) is -3.59. The number of nitrogens with zero attached hydrogens (tertiary/aromatic N) is 7. The van der Waals surface area contributed by atoms with Crippen LogP contribution in [0.5, 0.6) is 0 Å². The number of anilines is 2. The minimum absolute atomic E-state index is 0.134. The Labute approximate surface area is 178 Å². The molecule has 0 amide bonds.